The summed E-state index contributed by atoms with van der Waals surface area (Å²) >= 11 is 5.97. The molecule has 1 aliphatic heterocycles. The first-order valence-corrected chi connectivity index (χ1v) is 8.01. The SMILES string of the molecule is CC1c2ccc(C#N)n2CCN1C(=O)c1cc2ccc(Cl)cn2n1. The van der Waals surface area contributed by atoms with Crippen molar-refractivity contribution in [3.05, 3.63) is 58.6 Å². The van der Waals surface area contributed by atoms with Gasteiger partial charge < -0.3 is 9.47 Å². The second-order valence-electron chi connectivity index (χ2n) is 5.83. The Kier molecular flexibility index (Phi) is 3.32. The average Bonchev–Trinajstić information content (AvgIpc) is 3.18. The van der Waals surface area contributed by atoms with Crippen molar-refractivity contribution in [1.29, 1.82) is 5.26 Å². The molecule has 1 aliphatic rings. The molecule has 1 unspecified atom stereocenters. The van der Waals surface area contributed by atoms with Gasteiger partial charge in [0.15, 0.2) is 5.69 Å². The third kappa shape index (κ3) is 2.17. The van der Waals surface area contributed by atoms with Crippen LogP contribution < -0.4 is 0 Å². The predicted molar refractivity (Wildman–Crippen MR) is 88.8 cm³/mol. The van der Waals surface area contributed by atoms with Gasteiger partial charge in [-0.3, -0.25) is 4.79 Å². The molecule has 0 saturated carbocycles. The number of carbonyl (C=O) groups excluding carboxylic acids is 1. The lowest BCUT2D eigenvalue weighted by Gasteiger charge is -2.34. The third-order valence-corrected chi connectivity index (χ3v) is 4.72. The quantitative estimate of drug-likeness (QED) is 0.684. The summed E-state index contributed by atoms with van der Waals surface area (Å²) in [5.74, 6) is -0.117. The molecule has 4 heterocycles. The molecule has 4 rings (SSSR count). The van der Waals surface area contributed by atoms with Gasteiger partial charge >= 0.3 is 0 Å². The molecule has 3 aromatic rings. The molecule has 0 aromatic carbocycles. The lowest BCUT2D eigenvalue weighted by molar-refractivity contribution is 0.0637. The molecule has 7 heteroatoms. The molecule has 0 fully saturated rings. The monoisotopic (exact) mass is 339 g/mol. The summed E-state index contributed by atoms with van der Waals surface area (Å²) in [6, 6.07) is 11.1. The van der Waals surface area contributed by atoms with Gasteiger partial charge in [-0.15, -0.1) is 0 Å². The molecule has 120 valence electrons. The van der Waals surface area contributed by atoms with E-state index in [0.717, 1.165) is 11.2 Å². The minimum atomic E-state index is -0.117. The number of amides is 1. The molecule has 3 aromatic heterocycles. The van der Waals surface area contributed by atoms with E-state index < -0.39 is 0 Å². The van der Waals surface area contributed by atoms with Gasteiger partial charge in [0.25, 0.3) is 5.91 Å². The largest absolute Gasteiger partial charge is 0.333 e. The van der Waals surface area contributed by atoms with E-state index in [2.05, 4.69) is 11.2 Å². The number of rotatable bonds is 1. The Morgan fingerprint density at radius 2 is 2.17 bits per heavy atom. The molecule has 0 bridgehead atoms. The van der Waals surface area contributed by atoms with Crippen molar-refractivity contribution in [2.45, 2.75) is 19.5 Å². The normalized spacial score (nSPS) is 16.9. The van der Waals surface area contributed by atoms with Crippen LogP contribution in [0.3, 0.4) is 0 Å². The van der Waals surface area contributed by atoms with Gasteiger partial charge in [-0.1, -0.05) is 11.6 Å². The highest BCUT2D eigenvalue weighted by atomic mass is 35.5. The zero-order chi connectivity index (χ0) is 16.8. The van der Waals surface area contributed by atoms with E-state index in [1.807, 2.05) is 23.6 Å². The number of halogens is 1. The first kappa shape index (κ1) is 14.8. The van der Waals surface area contributed by atoms with E-state index >= 15 is 0 Å². The Hall–Kier alpha value is -2.78. The first-order chi connectivity index (χ1) is 11.6. The Morgan fingerprint density at radius 3 is 2.96 bits per heavy atom. The lowest BCUT2D eigenvalue weighted by Crippen LogP contribution is -2.41. The first-order valence-electron chi connectivity index (χ1n) is 7.64. The van der Waals surface area contributed by atoms with Gasteiger partial charge in [0.05, 0.1) is 16.6 Å². The van der Waals surface area contributed by atoms with Gasteiger partial charge in [0.1, 0.15) is 11.8 Å². The number of pyridine rings is 1. The number of nitrogens with zero attached hydrogens (tertiary/aromatic N) is 5. The molecule has 0 spiro atoms. The topological polar surface area (TPSA) is 66.3 Å². The maximum atomic E-state index is 12.9. The van der Waals surface area contributed by atoms with Crippen LogP contribution in [0.15, 0.2) is 36.5 Å². The predicted octanol–water partition coefficient (Wildman–Crippen LogP) is 2.88. The summed E-state index contributed by atoms with van der Waals surface area (Å²) < 4.78 is 3.58. The number of hydrogen-bond donors (Lipinski definition) is 0. The van der Waals surface area contributed by atoms with Crippen molar-refractivity contribution in [1.82, 2.24) is 19.1 Å². The lowest BCUT2D eigenvalue weighted by atomic mass is 10.1. The van der Waals surface area contributed by atoms with E-state index in [1.54, 1.807) is 33.8 Å². The van der Waals surface area contributed by atoms with Gasteiger partial charge in [0, 0.05) is 25.0 Å². The Labute approximate surface area is 143 Å². The zero-order valence-corrected chi connectivity index (χ0v) is 13.7. The molecule has 1 atom stereocenters. The summed E-state index contributed by atoms with van der Waals surface area (Å²) in [6.45, 7) is 3.13. The highest BCUT2D eigenvalue weighted by Gasteiger charge is 2.30. The minimum absolute atomic E-state index is 0.109. The maximum absolute atomic E-state index is 12.9. The van der Waals surface area contributed by atoms with Gasteiger partial charge in [-0.2, -0.15) is 10.4 Å². The van der Waals surface area contributed by atoms with Crippen LogP contribution in [0, 0.1) is 11.3 Å². The van der Waals surface area contributed by atoms with E-state index in [-0.39, 0.29) is 11.9 Å². The van der Waals surface area contributed by atoms with Crippen molar-refractivity contribution in [2.24, 2.45) is 0 Å². The van der Waals surface area contributed by atoms with Crippen LogP contribution >= 0.6 is 11.6 Å². The maximum Gasteiger partial charge on any atom is 0.275 e. The van der Waals surface area contributed by atoms with Gasteiger partial charge in [0.2, 0.25) is 0 Å². The Bertz CT molecular complexity index is 996. The van der Waals surface area contributed by atoms with Gasteiger partial charge in [-0.25, -0.2) is 4.52 Å². The molecule has 6 nitrogen and oxygen atoms in total. The van der Waals surface area contributed by atoms with Crippen LogP contribution in [-0.4, -0.2) is 31.5 Å². The van der Waals surface area contributed by atoms with Crippen LogP contribution in [0.1, 0.15) is 34.8 Å². The van der Waals surface area contributed by atoms with E-state index in [0.29, 0.717) is 29.5 Å². The average molecular weight is 340 g/mol. The molecule has 24 heavy (non-hydrogen) atoms. The van der Waals surface area contributed by atoms with Crippen molar-refractivity contribution in [2.75, 3.05) is 6.54 Å². The number of hydrogen-bond acceptors (Lipinski definition) is 3. The fraction of sp³-hybridized carbons (Fsp3) is 0.235. The highest BCUT2D eigenvalue weighted by Crippen LogP contribution is 2.28. The number of aromatic nitrogens is 3. The summed E-state index contributed by atoms with van der Waals surface area (Å²) in [5.41, 5.74) is 2.82. The Morgan fingerprint density at radius 1 is 1.33 bits per heavy atom. The number of fused-ring (bicyclic) bond motifs is 2. The fourth-order valence-corrected chi connectivity index (χ4v) is 3.40. The van der Waals surface area contributed by atoms with Crippen LogP contribution in [0.25, 0.3) is 5.52 Å². The number of nitriles is 1. The highest BCUT2D eigenvalue weighted by molar-refractivity contribution is 6.30. The summed E-state index contributed by atoms with van der Waals surface area (Å²) in [6.07, 6.45) is 1.68. The van der Waals surface area contributed by atoms with Crippen molar-refractivity contribution in [3.63, 3.8) is 0 Å². The molecule has 0 saturated heterocycles. The summed E-state index contributed by atoms with van der Waals surface area (Å²) in [4.78, 5) is 14.7. The van der Waals surface area contributed by atoms with E-state index in [4.69, 9.17) is 16.9 Å². The summed E-state index contributed by atoms with van der Waals surface area (Å²) in [7, 11) is 0. The minimum Gasteiger partial charge on any atom is -0.333 e. The molecular weight excluding hydrogens is 326 g/mol. The van der Waals surface area contributed by atoms with Crippen LogP contribution in [0.5, 0.6) is 0 Å². The van der Waals surface area contributed by atoms with Crippen LogP contribution in [0.2, 0.25) is 5.02 Å². The summed E-state index contributed by atoms with van der Waals surface area (Å²) in [5, 5.41) is 14.1. The molecule has 0 radical (unpaired) electrons. The standard InChI is InChI=1S/C17H14ClN5O/c1-11-16-5-4-14(9-19)22(16)7-6-21(11)17(24)15-8-13-3-2-12(18)10-23(13)20-15/h2-5,8,10-11H,6-7H2,1H3. The molecular formula is C17H14ClN5O. The third-order valence-electron chi connectivity index (χ3n) is 4.49. The van der Waals surface area contributed by atoms with E-state index in [1.165, 1.54) is 0 Å². The van der Waals surface area contributed by atoms with Crippen molar-refractivity contribution < 1.29 is 4.79 Å². The zero-order valence-electron chi connectivity index (χ0n) is 13.0. The van der Waals surface area contributed by atoms with Crippen LogP contribution in [0.4, 0.5) is 0 Å². The molecule has 1 amide bonds. The molecule has 0 aliphatic carbocycles. The second-order valence-corrected chi connectivity index (χ2v) is 6.26. The van der Waals surface area contributed by atoms with E-state index in [9.17, 15) is 4.79 Å². The Balaban J connectivity index is 1.68. The molecule has 0 N–H and O–H groups in total. The number of carbonyl (C=O) groups is 1. The fourth-order valence-electron chi connectivity index (χ4n) is 3.25. The van der Waals surface area contributed by atoms with Crippen LogP contribution in [-0.2, 0) is 6.54 Å². The second kappa shape index (κ2) is 5.39. The van der Waals surface area contributed by atoms with Crippen molar-refractivity contribution in [3.8, 4) is 6.07 Å². The smallest absolute Gasteiger partial charge is 0.275 e. The van der Waals surface area contributed by atoms with Crippen molar-refractivity contribution >= 4 is 23.0 Å². The van der Waals surface area contributed by atoms with Gasteiger partial charge in [-0.05, 0) is 37.3 Å².